The topological polar surface area (TPSA) is 74.1 Å². The molecule has 0 unspecified atom stereocenters. The van der Waals surface area contributed by atoms with Gasteiger partial charge in [-0.2, -0.15) is 4.52 Å². The van der Waals surface area contributed by atoms with Gasteiger partial charge in [0, 0.05) is 61.7 Å². The standard InChI is InChI=1S/C23H27ClN6O2S/c1-15-5-6-18(24)13-19(15)27-8-10-28(11-9-27)21(32)17-4-3-7-29(14-17)23-26-30-20(31)12-16(2)25-22(30)33-23/h5-6,12-13,17H,3-4,7-11,14H2,1-2H3/t17-/m0/s1. The van der Waals surface area contributed by atoms with Gasteiger partial charge in [-0.15, -0.1) is 5.10 Å². The zero-order valence-corrected chi connectivity index (χ0v) is 20.4. The first-order chi connectivity index (χ1) is 15.9. The quantitative estimate of drug-likeness (QED) is 0.566. The smallest absolute Gasteiger partial charge is 0.275 e. The molecule has 1 atom stereocenters. The highest BCUT2D eigenvalue weighted by Gasteiger charge is 2.32. The Morgan fingerprint density at radius 3 is 2.67 bits per heavy atom. The van der Waals surface area contributed by atoms with Gasteiger partial charge in [-0.3, -0.25) is 9.59 Å². The van der Waals surface area contributed by atoms with Gasteiger partial charge < -0.3 is 14.7 Å². The molecule has 10 heteroatoms. The van der Waals surface area contributed by atoms with Crippen LogP contribution in [0.4, 0.5) is 10.8 Å². The van der Waals surface area contributed by atoms with Crippen molar-refractivity contribution in [2.45, 2.75) is 26.7 Å². The van der Waals surface area contributed by atoms with Crippen LogP contribution in [0.1, 0.15) is 24.1 Å². The van der Waals surface area contributed by atoms with E-state index in [1.165, 1.54) is 27.5 Å². The minimum absolute atomic E-state index is 0.0587. The van der Waals surface area contributed by atoms with E-state index in [1.54, 1.807) is 0 Å². The van der Waals surface area contributed by atoms with Crippen LogP contribution in [0.3, 0.4) is 0 Å². The largest absolute Gasteiger partial charge is 0.368 e. The van der Waals surface area contributed by atoms with Crippen LogP contribution in [-0.2, 0) is 4.79 Å². The number of anilines is 2. The summed E-state index contributed by atoms with van der Waals surface area (Å²) in [5, 5.41) is 5.97. The Morgan fingerprint density at radius 1 is 1.09 bits per heavy atom. The van der Waals surface area contributed by atoms with E-state index in [1.807, 2.05) is 30.0 Å². The van der Waals surface area contributed by atoms with Crippen LogP contribution in [0.2, 0.25) is 5.02 Å². The van der Waals surface area contributed by atoms with Crippen molar-refractivity contribution < 1.29 is 4.79 Å². The highest BCUT2D eigenvalue weighted by Crippen LogP contribution is 2.29. The number of benzene rings is 1. The molecule has 5 rings (SSSR count). The molecule has 0 aliphatic carbocycles. The Labute approximate surface area is 201 Å². The molecule has 33 heavy (non-hydrogen) atoms. The fourth-order valence-corrected chi connectivity index (χ4v) is 5.89. The Balaban J connectivity index is 1.25. The second-order valence-corrected chi connectivity index (χ2v) is 10.2. The molecule has 8 nitrogen and oxygen atoms in total. The van der Waals surface area contributed by atoms with Crippen LogP contribution < -0.4 is 15.4 Å². The summed E-state index contributed by atoms with van der Waals surface area (Å²) >= 11 is 7.61. The maximum Gasteiger partial charge on any atom is 0.275 e. The van der Waals surface area contributed by atoms with Crippen LogP contribution in [0.15, 0.2) is 29.1 Å². The van der Waals surface area contributed by atoms with Gasteiger partial charge in [0.1, 0.15) is 0 Å². The molecule has 2 saturated heterocycles. The third-order valence-electron chi connectivity index (χ3n) is 6.51. The van der Waals surface area contributed by atoms with Gasteiger partial charge in [0.05, 0.1) is 5.92 Å². The van der Waals surface area contributed by atoms with Crippen LogP contribution in [0.5, 0.6) is 0 Å². The number of carbonyl (C=O) groups excluding carboxylic acids is 1. The summed E-state index contributed by atoms with van der Waals surface area (Å²) in [4.78, 5) is 37.0. The molecule has 0 saturated carbocycles. The molecule has 0 spiro atoms. The maximum atomic E-state index is 13.3. The predicted octanol–water partition coefficient (Wildman–Crippen LogP) is 2.99. The van der Waals surface area contributed by atoms with E-state index in [-0.39, 0.29) is 17.4 Å². The molecule has 0 N–H and O–H groups in total. The summed E-state index contributed by atoms with van der Waals surface area (Å²) in [6.45, 7) is 8.38. The third kappa shape index (κ3) is 4.44. The lowest BCUT2D eigenvalue weighted by Crippen LogP contribution is -2.52. The number of piperazine rings is 1. The van der Waals surface area contributed by atoms with Crippen molar-refractivity contribution in [2.24, 2.45) is 5.92 Å². The molecule has 2 aromatic heterocycles. The number of amides is 1. The molecule has 174 valence electrons. The zero-order chi connectivity index (χ0) is 23.1. The summed E-state index contributed by atoms with van der Waals surface area (Å²) in [5.41, 5.74) is 2.86. The van der Waals surface area contributed by atoms with Gasteiger partial charge in [0.25, 0.3) is 5.56 Å². The number of piperidine rings is 1. The number of aromatic nitrogens is 3. The SMILES string of the molecule is Cc1cc(=O)n2nc(N3CCC[C@H](C(=O)N4CCN(c5cc(Cl)ccc5C)CC4)C3)sc2n1. The van der Waals surface area contributed by atoms with Gasteiger partial charge in [-0.05, 0) is 44.4 Å². The molecule has 0 bridgehead atoms. The first-order valence-electron chi connectivity index (χ1n) is 11.3. The van der Waals surface area contributed by atoms with Crippen molar-refractivity contribution >= 4 is 44.6 Å². The molecule has 1 aromatic carbocycles. The van der Waals surface area contributed by atoms with Gasteiger partial charge in [-0.25, -0.2) is 4.98 Å². The zero-order valence-electron chi connectivity index (χ0n) is 18.8. The number of hydrogen-bond acceptors (Lipinski definition) is 7. The van der Waals surface area contributed by atoms with Crippen molar-refractivity contribution in [2.75, 3.05) is 49.1 Å². The van der Waals surface area contributed by atoms with E-state index in [2.05, 4.69) is 26.8 Å². The lowest BCUT2D eigenvalue weighted by Gasteiger charge is -2.40. The fourth-order valence-electron chi connectivity index (χ4n) is 4.74. The lowest BCUT2D eigenvalue weighted by atomic mass is 9.96. The summed E-state index contributed by atoms with van der Waals surface area (Å²) in [6, 6.07) is 7.45. The number of rotatable bonds is 3. The number of hydrogen-bond donors (Lipinski definition) is 0. The average molecular weight is 487 g/mol. The minimum Gasteiger partial charge on any atom is -0.368 e. The monoisotopic (exact) mass is 486 g/mol. The van der Waals surface area contributed by atoms with Crippen molar-refractivity contribution in [3.05, 3.63) is 50.9 Å². The Hall–Kier alpha value is -2.65. The molecular formula is C23H27ClN6O2S. The highest BCUT2D eigenvalue weighted by molar-refractivity contribution is 7.20. The van der Waals surface area contributed by atoms with E-state index in [4.69, 9.17) is 11.6 Å². The number of halogens is 1. The number of fused-ring (bicyclic) bond motifs is 1. The molecule has 0 radical (unpaired) electrons. The molecule has 2 aliphatic rings. The Kier molecular flexibility index (Phi) is 6.01. The van der Waals surface area contributed by atoms with Gasteiger partial charge >= 0.3 is 0 Å². The van der Waals surface area contributed by atoms with Gasteiger partial charge in [0.15, 0.2) is 0 Å². The van der Waals surface area contributed by atoms with Gasteiger partial charge in [0.2, 0.25) is 16.0 Å². The van der Waals surface area contributed by atoms with E-state index in [0.717, 1.165) is 48.3 Å². The number of carbonyl (C=O) groups is 1. The van der Waals surface area contributed by atoms with Crippen LogP contribution in [0.25, 0.3) is 4.96 Å². The second-order valence-electron chi connectivity index (χ2n) is 8.84. The summed E-state index contributed by atoms with van der Waals surface area (Å²) in [7, 11) is 0. The first-order valence-corrected chi connectivity index (χ1v) is 12.5. The normalized spacial score (nSPS) is 19.4. The average Bonchev–Trinajstić information content (AvgIpc) is 3.25. The molecule has 4 heterocycles. The number of nitrogens with zero attached hydrogens (tertiary/aromatic N) is 6. The molecule has 1 amide bonds. The first kappa shape index (κ1) is 22.2. The van der Waals surface area contributed by atoms with E-state index in [0.29, 0.717) is 30.3 Å². The van der Waals surface area contributed by atoms with Crippen molar-refractivity contribution in [1.82, 2.24) is 19.5 Å². The van der Waals surface area contributed by atoms with Gasteiger partial charge in [-0.1, -0.05) is 29.0 Å². The highest BCUT2D eigenvalue weighted by atomic mass is 35.5. The molecule has 2 aliphatic heterocycles. The van der Waals surface area contributed by atoms with Crippen molar-refractivity contribution in [3.8, 4) is 0 Å². The lowest BCUT2D eigenvalue weighted by molar-refractivity contribution is -0.136. The second kappa shape index (κ2) is 8.95. The Bertz CT molecular complexity index is 1250. The summed E-state index contributed by atoms with van der Waals surface area (Å²) in [6.07, 6.45) is 1.81. The molecular weight excluding hydrogens is 460 g/mol. The molecule has 3 aromatic rings. The van der Waals surface area contributed by atoms with Crippen LogP contribution >= 0.6 is 22.9 Å². The van der Waals surface area contributed by atoms with E-state index in [9.17, 15) is 9.59 Å². The summed E-state index contributed by atoms with van der Waals surface area (Å²) in [5.74, 6) is 0.158. The van der Waals surface area contributed by atoms with Crippen LogP contribution in [0, 0.1) is 19.8 Å². The minimum atomic E-state index is -0.169. The maximum absolute atomic E-state index is 13.3. The Morgan fingerprint density at radius 2 is 1.88 bits per heavy atom. The van der Waals surface area contributed by atoms with E-state index < -0.39 is 0 Å². The number of aryl methyl sites for hydroxylation is 2. The van der Waals surface area contributed by atoms with Crippen molar-refractivity contribution in [1.29, 1.82) is 0 Å². The summed E-state index contributed by atoms with van der Waals surface area (Å²) < 4.78 is 1.36. The van der Waals surface area contributed by atoms with E-state index >= 15 is 0 Å². The molecule has 2 fully saturated rings. The predicted molar refractivity (Wildman–Crippen MR) is 132 cm³/mol. The van der Waals surface area contributed by atoms with Crippen LogP contribution in [-0.4, -0.2) is 64.7 Å². The fraction of sp³-hybridized carbons (Fsp3) is 0.478. The van der Waals surface area contributed by atoms with Crippen molar-refractivity contribution in [3.63, 3.8) is 0 Å². The third-order valence-corrected chi connectivity index (χ3v) is 7.71.